The lowest BCUT2D eigenvalue weighted by atomic mass is 9.96. The van der Waals surface area contributed by atoms with Crippen LogP contribution in [-0.4, -0.2) is 24.7 Å². The Hall–Kier alpha value is -3.74. The molecule has 0 spiro atoms. The zero-order valence-electron chi connectivity index (χ0n) is 17.2. The van der Waals surface area contributed by atoms with Gasteiger partial charge in [-0.15, -0.1) is 0 Å². The summed E-state index contributed by atoms with van der Waals surface area (Å²) in [6.07, 6.45) is 3.46. The molecule has 5 aromatic rings. The number of benzene rings is 1. The number of nitrogens with zero attached hydrogens (tertiary/aromatic N) is 4. The zero-order chi connectivity index (χ0) is 21.0. The number of hydrogen-bond donors (Lipinski definition) is 1. The number of fused-ring (bicyclic) bond motifs is 3. The van der Waals surface area contributed by atoms with E-state index in [0.717, 1.165) is 50.3 Å². The maximum atomic E-state index is 12.9. The van der Waals surface area contributed by atoms with Gasteiger partial charge in [-0.3, -0.25) is 14.5 Å². The lowest BCUT2D eigenvalue weighted by molar-refractivity contribution is 0.393. The lowest BCUT2D eigenvalue weighted by Gasteiger charge is -2.15. The Morgan fingerprint density at radius 2 is 1.97 bits per heavy atom. The fourth-order valence-electron chi connectivity index (χ4n) is 4.22. The minimum Gasteiger partial charge on any atom is -0.361 e. The second-order valence-corrected chi connectivity index (χ2v) is 7.63. The number of aromatic amines is 1. The van der Waals surface area contributed by atoms with Gasteiger partial charge in [0.15, 0.2) is 0 Å². The van der Waals surface area contributed by atoms with Gasteiger partial charge in [-0.1, -0.05) is 11.2 Å². The zero-order valence-corrected chi connectivity index (χ0v) is 17.2. The van der Waals surface area contributed by atoms with Crippen LogP contribution < -0.4 is 5.69 Å². The van der Waals surface area contributed by atoms with Crippen LogP contribution in [-0.2, 0) is 0 Å². The topological polar surface area (TPSA) is 89.6 Å². The van der Waals surface area contributed by atoms with Gasteiger partial charge in [0.1, 0.15) is 5.76 Å². The minimum absolute atomic E-state index is 0.176. The van der Waals surface area contributed by atoms with Crippen LogP contribution in [0.1, 0.15) is 35.7 Å². The van der Waals surface area contributed by atoms with Gasteiger partial charge in [0, 0.05) is 17.1 Å². The van der Waals surface area contributed by atoms with Crippen molar-refractivity contribution < 1.29 is 4.52 Å². The summed E-state index contributed by atoms with van der Waals surface area (Å²) in [4.78, 5) is 24.9. The highest BCUT2D eigenvalue weighted by molar-refractivity contribution is 6.04. The molecule has 150 valence electrons. The molecular weight excluding hydrogens is 378 g/mol. The normalized spacial score (nSPS) is 12.7. The minimum atomic E-state index is -0.222. The van der Waals surface area contributed by atoms with E-state index in [0.29, 0.717) is 5.52 Å². The SMILES string of the molecule is Cc1cc2c(cc1-c1c(C)noc1C)ncc1[nH]c(=O)n([C@H](C)c3ccccn3)c12. The number of H-pyrrole nitrogens is 1. The molecule has 4 heterocycles. The predicted octanol–water partition coefficient (Wildman–Crippen LogP) is 4.46. The lowest BCUT2D eigenvalue weighted by Crippen LogP contribution is -2.21. The van der Waals surface area contributed by atoms with Gasteiger partial charge in [-0.05, 0) is 63.1 Å². The molecule has 0 aliphatic heterocycles. The Morgan fingerprint density at radius 1 is 1.13 bits per heavy atom. The van der Waals surface area contributed by atoms with Crippen LogP contribution in [0.5, 0.6) is 0 Å². The molecule has 0 aliphatic carbocycles. The number of imidazole rings is 1. The third-order valence-corrected chi connectivity index (χ3v) is 5.69. The monoisotopic (exact) mass is 399 g/mol. The fraction of sp³-hybridized carbons (Fsp3) is 0.217. The summed E-state index contributed by atoms with van der Waals surface area (Å²) in [7, 11) is 0. The molecule has 0 unspecified atom stereocenters. The van der Waals surface area contributed by atoms with E-state index in [2.05, 4.69) is 33.1 Å². The molecule has 7 heteroatoms. The third-order valence-electron chi connectivity index (χ3n) is 5.69. The van der Waals surface area contributed by atoms with Gasteiger partial charge < -0.3 is 9.51 Å². The van der Waals surface area contributed by atoms with Gasteiger partial charge in [0.2, 0.25) is 0 Å². The van der Waals surface area contributed by atoms with Gasteiger partial charge in [0.25, 0.3) is 0 Å². The van der Waals surface area contributed by atoms with E-state index >= 15 is 0 Å². The first-order chi connectivity index (χ1) is 14.5. The molecule has 0 saturated heterocycles. The van der Waals surface area contributed by atoms with E-state index < -0.39 is 0 Å². The average molecular weight is 399 g/mol. The average Bonchev–Trinajstić information content (AvgIpc) is 3.26. The largest absolute Gasteiger partial charge is 0.361 e. The second-order valence-electron chi connectivity index (χ2n) is 7.63. The molecule has 1 atom stereocenters. The Labute approximate surface area is 172 Å². The third kappa shape index (κ3) is 2.66. The highest BCUT2D eigenvalue weighted by Gasteiger charge is 2.20. The van der Waals surface area contributed by atoms with Crippen molar-refractivity contribution >= 4 is 21.9 Å². The predicted molar refractivity (Wildman–Crippen MR) is 116 cm³/mol. The molecule has 30 heavy (non-hydrogen) atoms. The number of aryl methyl sites for hydroxylation is 3. The maximum absolute atomic E-state index is 12.9. The Kier molecular flexibility index (Phi) is 4.06. The van der Waals surface area contributed by atoms with Gasteiger partial charge >= 0.3 is 5.69 Å². The van der Waals surface area contributed by atoms with Crippen LogP contribution >= 0.6 is 0 Å². The number of pyridine rings is 2. The highest BCUT2D eigenvalue weighted by atomic mass is 16.5. The van der Waals surface area contributed by atoms with Gasteiger partial charge in [-0.25, -0.2) is 4.79 Å². The number of nitrogens with one attached hydrogen (secondary N) is 1. The first-order valence-corrected chi connectivity index (χ1v) is 9.83. The van der Waals surface area contributed by atoms with Crippen molar-refractivity contribution in [3.05, 3.63) is 75.9 Å². The van der Waals surface area contributed by atoms with Gasteiger partial charge in [0.05, 0.1) is 40.2 Å². The van der Waals surface area contributed by atoms with Crippen molar-refractivity contribution in [1.29, 1.82) is 0 Å². The number of hydrogen-bond acceptors (Lipinski definition) is 5. The van der Waals surface area contributed by atoms with E-state index in [1.165, 1.54) is 0 Å². The molecule has 7 nitrogen and oxygen atoms in total. The summed E-state index contributed by atoms with van der Waals surface area (Å²) >= 11 is 0. The van der Waals surface area contributed by atoms with E-state index in [-0.39, 0.29) is 11.7 Å². The molecule has 0 aliphatic rings. The quantitative estimate of drug-likeness (QED) is 0.484. The maximum Gasteiger partial charge on any atom is 0.327 e. The summed E-state index contributed by atoms with van der Waals surface area (Å²) < 4.78 is 7.12. The summed E-state index contributed by atoms with van der Waals surface area (Å²) in [5.41, 5.74) is 6.94. The molecule has 4 aromatic heterocycles. The van der Waals surface area contributed by atoms with Crippen LogP contribution in [0.15, 0.2) is 52.0 Å². The molecular formula is C23H21N5O2. The Bertz CT molecular complexity index is 1440. The first kappa shape index (κ1) is 18.3. The number of aromatic nitrogens is 5. The molecule has 1 N–H and O–H groups in total. The van der Waals surface area contributed by atoms with Crippen LogP contribution in [0, 0.1) is 20.8 Å². The van der Waals surface area contributed by atoms with Crippen LogP contribution in [0.2, 0.25) is 0 Å². The Morgan fingerprint density at radius 3 is 2.67 bits per heavy atom. The van der Waals surface area contributed by atoms with E-state index in [1.807, 2.05) is 45.0 Å². The number of rotatable bonds is 3. The van der Waals surface area contributed by atoms with E-state index in [9.17, 15) is 4.79 Å². The molecule has 5 rings (SSSR count). The van der Waals surface area contributed by atoms with Crippen molar-refractivity contribution in [3.8, 4) is 11.1 Å². The molecule has 0 saturated carbocycles. The van der Waals surface area contributed by atoms with Crippen molar-refractivity contribution in [2.24, 2.45) is 0 Å². The molecule has 0 bridgehead atoms. The van der Waals surface area contributed by atoms with E-state index in [4.69, 9.17) is 4.52 Å². The second kappa shape index (κ2) is 6.66. The molecule has 0 fully saturated rings. The highest BCUT2D eigenvalue weighted by Crippen LogP contribution is 2.34. The molecule has 1 aromatic carbocycles. The van der Waals surface area contributed by atoms with Crippen molar-refractivity contribution in [3.63, 3.8) is 0 Å². The summed E-state index contributed by atoms with van der Waals surface area (Å²) in [6.45, 7) is 7.88. The van der Waals surface area contributed by atoms with Crippen LogP contribution in [0.4, 0.5) is 0 Å². The molecule has 0 radical (unpaired) electrons. The van der Waals surface area contributed by atoms with Crippen molar-refractivity contribution in [2.45, 2.75) is 33.7 Å². The Balaban J connectivity index is 1.80. The fourth-order valence-corrected chi connectivity index (χ4v) is 4.22. The smallest absolute Gasteiger partial charge is 0.327 e. The summed E-state index contributed by atoms with van der Waals surface area (Å²) in [5.74, 6) is 0.776. The van der Waals surface area contributed by atoms with Crippen LogP contribution in [0.3, 0.4) is 0 Å². The summed E-state index contributed by atoms with van der Waals surface area (Å²) in [6, 6.07) is 9.64. The summed E-state index contributed by atoms with van der Waals surface area (Å²) in [5, 5.41) is 5.00. The first-order valence-electron chi connectivity index (χ1n) is 9.83. The van der Waals surface area contributed by atoms with Crippen molar-refractivity contribution in [1.82, 2.24) is 24.7 Å². The van der Waals surface area contributed by atoms with Crippen LogP contribution in [0.25, 0.3) is 33.1 Å². The standard InChI is InChI=1S/C23H21N5O2/c1-12-9-17-19(10-16(12)21-13(2)27-30-15(21)4)25-11-20-22(17)28(23(29)26-20)14(3)18-7-5-6-8-24-18/h5-11,14H,1-4H3,(H,26,29)/t14-/m1/s1. The van der Waals surface area contributed by atoms with Crippen molar-refractivity contribution in [2.75, 3.05) is 0 Å². The van der Waals surface area contributed by atoms with Gasteiger partial charge in [-0.2, -0.15) is 0 Å². The van der Waals surface area contributed by atoms with E-state index in [1.54, 1.807) is 17.0 Å². The molecule has 0 amide bonds.